The number of carbonyl (C=O) groups excluding carboxylic acids is 2. The first kappa shape index (κ1) is 20.0. The van der Waals surface area contributed by atoms with Crippen LogP contribution in [0.2, 0.25) is 0 Å². The second-order valence-corrected chi connectivity index (χ2v) is 7.84. The Morgan fingerprint density at radius 1 is 0.926 bits per heavy atom. The SMILES string of the molecule is O=C1c2ccccc2C(=O)N1CCCCCOCC1CCC(CCO)CC1. The fourth-order valence-electron chi connectivity index (χ4n) is 4.21. The van der Waals surface area contributed by atoms with Crippen LogP contribution in [0.5, 0.6) is 0 Å². The van der Waals surface area contributed by atoms with Crippen LogP contribution in [0.25, 0.3) is 0 Å². The normalized spacial score (nSPS) is 22.3. The molecule has 27 heavy (non-hydrogen) atoms. The van der Waals surface area contributed by atoms with Gasteiger partial charge in [-0.25, -0.2) is 0 Å². The number of ether oxygens (including phenoxy) is 1. The molecule has 5 heteroatoms. The van der Waals surface area contributed by atoms with Gasteiger partial charge in [0.2, 0.25) is 0 Å². The van der Waals surface area contributed by atoms with Crippen molar-refractivity contribution in [3.63, 3.8) is 0 Å². The van der Waals surface area contributed by atoms with Crippen molar-refractivity contribution in [1.82, 2.24) is 4.90 Å². The zero-order chi connectivity index (χ0) is 19.1. The molecule has 1 N–H and O–H groups in total. The molecular formula is C22H31NO4. The van der Waals surface area contributed by atoms with E-state index in [9.17, 15) is 9.59 Å². The molecule has 0 atom stereocenters. The molecule has 0 bridgehead atoms. The van der Waals surface area contributed by atoms with Crippen LogP contribution in [0.1, 0.15) is 72.1 Å². The Hall–Kier alpha value is -1.72. The first-order valence-electron chi connectivity index (χ1n) is 10.3. The maximum Gasteiger partial charge on any atom is 0.261 e. The Morgan fingerprint density at radius 2 is 1.56 bits per heavy atom. The van der Waals surface area contributed by atoms with Gasteiger partial charge in [-0.05, 0) is 62.5 Å². The summed E-state index contributed by atoms with van der Waals surface area (Å²) in [6.45, 7) is 2.39. The number of unbranched alkanes of at least 4 members (excludes halogenated alkanes) is 2. The standard InChI is InChI=1S/C22H31NO4/c24-14-12-17-8-10-18(11-9-17)16-27-15-5-1-4-13-23-21(25)19-6-2-3-7-20(19)22(23)26/h2-3,6-7,17-18,24H,1,4-5,8-16H2. The van der Waals surface area contributed by atoms with Gasteiger partial charge in [-0.2, -0.15) is 0 Å². The lowest BCUT2D eigenvalue weighted by atomic mass is 9.81. The Labute approximate surface area is 161 Å². The lowest BCUT2D eigenvalue weighted by Gasteiger charge is -2.27. The maximum atomic E-state index is 12.3. The molecule has 0 radical (unpaired) electrons. The third-order valence-corrected chi connectivity index (χ3v) is 5.91. The summed E-state index contributed by atoms with van der Waals surface area (Å²) in [5.41, 5.74) is 1.05. The third-order valence-electron chi connectivity index (χ3n) is 5.91. The lowest BCUT2D eigenvalue weighted by Crippen LogP contribution is -2.30. The molecule has 5 nitrogen and oxygen atoms in total. The quantitative estimate of drug-likeness (QED) is 0.502. The van der Waals surface area contributed by atoms with Crippen LogP contribution in [0.4, 0.5) is 0 Å². The number of hydrogen-bond acceptors (Lipinski definition) is 4. The van der Waals surface area contributed by atoms with E-state index in [2.05, 4.69) is 0 Å². The second kappa shape index (κ2) is 10.00. The predicted molar refractivity (Wildman–Crippen MR) is 104 cm³/mol. The summed E-state index contributed by atoms with van der Waals surface area (Å²) in [6.07, 6.45) is 8.54. The highest BCUT2D eigenvalue weighted by atomic mass is 16.5. The molecule has 2 aliphatic rings. The fraction of sp³-hybridized carbons (Fsp3) is 0.636. The van der Waals surface area contributed by atoms with Gasteiger partial charge < -0.3 is 9.84 Å². The van der Waals surface area contributed by atoms with Crippen LogP contribution in [0.15, 0.2) is 24.3 Å². The van der Waals surface area contributed by atoms with E-state index in [4.69, 9.17) is 9.84 Å². The van der Waals surface area contributed by atoms with Gasteiger partial charge in [0.15, 0.2) is 0 Å². The van der Waals surface area contributed by atoms with E-state index in [1.54, 1.807) is 24.3 Å². The van der Waals surface area contributed by atoms with Crippen molar-refractivity contribution < 1.29 is 19.4 Å². The van der Waals surface area contributed by atoms with Crippen molar-refractivity contribution in [2.75, 3.05) is 26.4 Å². The minimum absolute atomic E-state index is 0.163. The van der Waals surface area contributed by atoms with Crippen molar-refractivity contribution >= 4 is 11.8 Å². The largest absolute Gasteiger partial charge is 0.396 e. The second-order valence-electron chi connectivity index (χ2n) is 7.84. The van der Waals surface area contributed by atoms with E-state index in [0.717, 1.165) is 38.9 Å². The van der Waals surface area contributed by atoms with Crippen LogP contribution in [-0.2, 0) is 4.74 Å². The third kappa shape index (κ3) is 5.17. The van der Waals surface area contributed by atoms with E-state index in [1.165, 1.54) is 30.6 Å². The minimum atomic E-state index is -0.163. The number of benzene rings is 1. The van der Waals surface area contributed by atoms with Gasteiger partial charge >= 0.3 is 0 Å². The first-order valence-corrected chi connectivity index (χ1v) is 10.3. The number of imide groups is 1. The molecule has 1 aliphatic heterocycles. The number of aliphatic hydroxyl groups excluding tert-OH is 1. The van der Waals surface area contributed by atoms with Crippen LogP contribution in [0.3, 0.4) is 0 Å². The van der Waals surface area contributed by atoms with E-state index < -0.39 is 0 Å². The number of carbonyl (C=O) groups is 2. The molecule has 1 heterocycles. The topological polar surface area (TPSA) is 66.8 Å². The van der Waals surface area contributed by atoms with Crippen LogP contribution >= 0.6 is 0 Å². The number of hydrogen-bond donors (Lipinski definition) is 1. The molecule has 0 aromatic heterocycles. The molecule has 1 aromatic rings. The number of nitrogens with zero attached hydrogens (tertiary/aromatic N) is 1. The van der Waals surface area contributed by atoms with Gasteiger partial charge in [0.25, 0.3) is 11.8 Å². The van der Waals surface area contributed by atoms with Gasteiger partial charge in [-0.1, -0.05) is 25.0 Å². The van der Waals surface area contributed by atoms with Gasteiger partial charge in [0.1, 0.15) is 0 Å². The highest BCUT2D eigenvalue weighted by Gasteiger charge is 2.34. The van der Waals surface area contributed by atoms with Gasteiger partial charge in [-0.15, -0.1) is 0 Å². The molecule has 1 fully saturated rings. The number of rotatable bonds is 10. The Morgan fingerprint density at radius 3 is 2.19 bits per heavy atom. The summed E-state index contributed by atoms with van der Waals surface area (Å²) in [6, 6.07) is 7.04. The molecule has 0 saturated heterocycles. The van der Waals surface area contributed by atoms with Crippen LogP contribution < -0.4 is 0 Å². The van der Waals surface area contributed by atoms with Crippen molar-refractivity contribution in [3.05, 3.63) is 35.4 Å². The molecule has 1 saturated carbocycles. The molecule has 1 aliphatic carbocycles. The molecule has 3 rings (SSSR count). The molecule has 0 unspecified atom stereocenters. The van der Waals surface area contributed by atoms with Crippen molar-refractivity contribution in [2.45, 2.75) is 51.4 Å². The van der Waals surface area contributed by atoms with Crippen LogP contribution in [-0.4, -0.2) is 48.2 Å². The van der Waals surface area contributed by atoms with E-state index in [1.807, 2.05) is 0 Å². The summed E-state index contributed by atoms with van der Waals surface area (Å²) >= 11 is 0. The Kier molecular flexibility index (Phi) is 7.41. The molecule has 0 spiro atoms. The zero-order valence-electron chi connectivity index (χ0n) is 16.1. The van der Waals surface area contributed by atoms with Gasteiger partial charge in [0.05, 0.1) is 11.1 Å². The average molecular weight is 373 g/mol. The zero-order valence-corrected chi connectivity index (χ0v) is 16.1. The van der Waals surface area contributed by atoms with Crippen molar-refractivity contribution in [1.29, 1.82) is 0 Å². The van der Waals surface area contributed by atoms with Gasteiger partial charge in [0, 0.05) is 26.4 Å². The van der Waals surface area contributed by atoms with E-state index in [-0.39, 0.29) is 11.8 Å². The molecule has 148 valence electrons. The number of amides is 2. The predicted octanol–water partition coefficient (Wildman–Crippen LogP) is 3.66. The lowest BCUT2D eigenvalue weighted by molar-refractivity contribution is 0.0641. The first-order chi connectivity index (χ1) is 13.2. The monoisotopic (exact) mass is 373 g/mol. The van der Waals surface area contributed by atoms with Crippen LogP contribution in [0, 0.1) is 11.8 Å². The summed E-state index contributed by atoms with van der Waals surface area (Å²) < 4.78 is 5.84. The van der Waals surface area contributed by atoms with Crippen molar-refractivity contribution in [2.24, 2.45) is 11.8 Å². The maximum absolute atomic E-state index is 12.3. The summed E-state index contributed by atoms with van der Waals surface area (Å²) in [7, 11) is 0. The highest BCUT2D eigenvalue weighted by Crippen LogP contribution is 2.30. The molecule has 2 amide bonds. The number of fused-ring (bicyclic) bond motifs is 1. The van der Waals surface area contributed by atoms with Gasteiger partial charge in [-0.3, -0.25) is 14.5 Å². The molecule has 1 aromatic carbocycles. The van der Waals surface area contributed by atoms with E-state index in [0.29, 0.717) is 36.1 Å². The Bertz CT molecular complexity index is 602. The smallest absolute Gasteiger partial charge is 0.261 e. The highest BCUT2D eigenvalue weighted by molar-refractivity contribution is 6.21. The Balaban J connectivity index is 1.25. The summed E-state index contributed by atoms with van der Waals surface area (Å²) in [5.74, 6) is 1.04. The average Bonchev–Trinajstić information content (AvgIpc) is 2.94. The summed E-state index contributed by atoms with van der Waals surface area (Å²) in [5, 5.41) is 9.01. The van der Waals surface area contributed by atoms with Crippen molar-refractivity contribution in [3.8, 4) is 0 Å². The number of aliphatic hydroxyl groups is 1. The van der Waals surface area contributed by atoms with E-state index >= 15 is 0 Å². The summed E-state index contributed by atoms with van der Waals surface area (Å²) in [4.78, 5) is 25.9. The molecular weight excluding hydrogens is 342 g/mol. The fourth-order valence-corrected chi connectivity index (χ4v) is 4.21. The minimum Gasteiger partial charge on any atom is -0.396 e.